The number of aryl methyl sites for hydroxylation is 1. The zero-order valence-corrected chi connectivity index (χ0v) is 10.3. The number of sulfone groups is 1. The number of rotatable bonds is 1. The molecule has 0 aromatic carbocycles. The molecule has 1 aromatic heterocycles. The molecule has 2 aliphatic heterocycles. The van der Waals surface area contributed by atoms with Gasteiger partial charge in [0.1, 0.15) is 5.82 Å². The topological polar surface area (TPSA) is 72.0 Å². The van der Waals surface area contributed by atoms with E-state index in [0.29, 0.717) is 18.0 Å². The summed E-state index contributed by atoms with van der Waals surface area (Å²) in [6.07, 6.45) is 3.40. The van der Waals surface area contributed by atoms with Crippen LogP contribution in [0.5, 0.6) is 0 Å². The van der Waals surface area contributed by atoms with Crippen molar-refractivity contribution >= 4 is 9.84 Å². The predicted molar refractivity (Wildman–Crippen MR) is 63.5 cm³/mol. The summed E-state index contributed by atoms with van der Waals surface area (Å²) >= 11 is 0. The molecule has 5 nitrogen and oxygen atoms in total. The Labute approximate surface area is 101 Å². The maximum absolute atomic E-state index is 11.6. The lowest BCUT2D eigenvalue weighted by molar-refractivity contribution is 0.588. The van der Waals surface area contributed by atoms with Crippen LogP contribution in [0.15, 0.2) is 6.20 Å². The maximum Gasteiger partial charge on any atom is 0.156 e. The van der Waals surface area contributed by atoms with Gasteiger partial charge < -0.3 is 5.32 Å². The third kappa shape index (κ3) is 2.19. The highest BCUT2D eigenvalue weighted by molar-refractivity contribution is 7.90. The molecule has 1 saturated heterocycles. The van der Waals surface area contributed by atoms with Gasteiger partial charge in [-0.05, 0) is 24.9 Å². The molecule has 0 saturated carbocycles. The van der Waals surface area contributed by atoms with Crippen molar-refractivity contribution in [2.75, 3.05) is 18.8 Å². The van der Waals surface area contributed by atoms with Crippen LogP contribution in [0.2, 0.25) is 0 Å². The van der Waals surface area contributed by atoms with E-state index in [2.05, 4.69) is 15.3 Å². The molecule has 0 aliphatic carbocycles. The third-order valence-corrected chi connectivity index (χ3v) is 4.98. The van der Waals surface area contributed by atoms with Crippen molar-refractivity contribution in [1.29, 1.82) is 0 Å². The van der Waals surface area contributed by atoms with E-state index in [1.165, 1.54) is 0 Å². The van der Waals surface area contributed by atoms with E-state index in [1.807, 2.05) is 6.20 Å². The molecule has 6 heteroatoms. The summed E-state index contributed by atoms with van der Waals surface area (Å²) in [5.41, 5.74) is 1.71. The average Bonchev–Trinajstić information content (AvgIpc) is 2.80. The molecule has 1 unspecified atom stereocenters. The van der Waals surface area contributed by atoms with Crippen LogP contribution in [0.3, 0.4) is 0 Å². The van der Waals surface area contributed by atoms with E-state index in [-0.39, 0.29) is 11.5 Å². The van der Waals surface area contributed by atoms with Crippen LogP contribution in [0, 0.1) is 0 Å². The lowest BCUT2D eigenvalue weighted by Gasteiger charge is -2.16. The zero-order valence-electron chi connectivity index (χ0n) is 9.52. The van der Waals surface area contributed by atoms with Gasteiger partial charge in [-0.15, -0.1) is 0 Å². The van der Waals surface area contributed by atoms with Crippen LogP contribution in [0.25, 0.3) is 0 Å². The molecule has 1 aromatic rings. The van der Waals surface area contributed by atoms with Gasteiger partial charge in [0, 0.05) is 18.7 Å². The highest BCUT2D eigenvalue weighted by Gasteiger charge is 2.25. The Kier molecular flexibility index (Phi) is 2.63. The van der Waals surface area contributed by atoms with Gasteiger partial charge in [-0.3, -0.25) is 0 Å². The van der Waals surface area contributed by atoms with E-state index < -0.39 is 9.84 Å². The summed E-state index contributed by atoms with van der Waals surface area (Å²) in [7, 11) is -2.94. The molecule has 3 heterocycles. The average molecular weight is 253 g/mol. The lowest BCUT2D eigenvalue weighted by Crippen LogP contribution is -2.22. The summed E-state index contributed by atoms with van der Waals surface area (Å²) in [5, 5.41) is 3.27. The molecule has 1 atom stereocenters. The summed E-state index contributed by atoms with van der Waals surface area (Å²) in [5.74, 6) is 1.45. The Balaban J connectivity index is 1.95. The molecule has 0 radical (unpaired) electrons. The van der Waals surface area contributed by atoms with Crippen LogP contribution in [-0.2, 0) is 22.0 Å². The Morgan fingerprint density at radius 3 is 3.06 bits per heavy atom. The molecule has 1 N–H and O–H groups in total. The first kappa shape index (κ1) is 11.1. The third-order valence-electron chi connectivity index (χ3n) is 3.44. The van der Waals surface area contributed by atoms with Crippen molar-refractivity contribution in [3.8, 4) is 0 Å². The van der Waals surface area contributed by atoms with Crippen LogP contribution >= 0.6 is 0 Å². The largest absolute Gasteiger partial charge is 0.316 e. The molecule has 1 fully saturated rings. The summed E-state index contributed by atoms with van der Waals surface area (Å²) in [6.45, 7) is 1.88. The van der Waals surface area contributed by atoms with Gasteiger partial charge in [0.2, 0.25) is 0 Å². The maximum atomic E-state index is 11.6. The molecule has 0 spiro atoms. The number of nitrogens with zero attached hydrogens (tertiary/aromatic N) is 2. The molecular formula is C11H15N3O2S. The van der Waals surface area contributed by atoms with Gasteiger partial charge in [-0.1, -0.05) is 0 Å². The van der Waals surface area contributed by atoms with Gasteiger partial charge in [-0.2, -0.15) is 0 Å². The fourth-order valence-corrected chi connectivity index (χ4v) is 3.75. The van der Waals surface area contributed by atoms with Crippen LogP contribution < -0.4 is 5.32 Å². The lowest BCUT2D eigenvalue weighted by atomic mass is 10.1. The van der Waals surface area contributed by atoms with E-state index in [9.17, 15) is 8.42 Å². The van der Waals surface area contributed by atoms with Crippen molar-refractivity contribution in [1.82, 2.24) is 15.3 Å². The predicted octanol–water partition coefficient (Wildman–Crippen LogP) is 0.0244. The molecular weight excluding hydrogens is 238 g/mol. The van der Waals surface area contributed by atoms with E-state index in [0.717, 1.165) is 30.9 Å². The minimum Gasteiger partial charge on any atom is -0.316 e. The van der Waals surface area contributed by atoms with E-state index in [1.54, 1.807) is 0 Å². The number of nitrogens with one attached hydrogen (secondary N) is 1. The Bertz CT molecular complexity index is 536. The van der Waals surface area contributed by atoms with Crippen molar-refractivity contribution in [3.05, 3.63) is 23.3 Å². The van der Waals surface area contributed by atoms with E-state index in [4.69, 9.17) is 0 Å². The van der Waals surface area contributed by atoms with Crippen molar-refractivity contribution in [2.45, 2.75) is 24.5 Å². The van der Waals surface area contributed by atoms with Gasteiger partial charge in [-0.25, -0.2) is 18.4 Å². The van der Waals surface area contributed by atoms with E-state index >= 15 is 0 Å². The Morgan fingerprint density at radius 2 is 2.29 bits per heavy atom. The number of hydrogen-bond donors (Lipinski definition) is 1. The van der Waals surface area contributed by atoms with Gasteiger partial charge in [0.25, 0.3) is 0 Å². The normalized spacial score (nSPS) is 26.7. The van der Waals surface area contributed by atoms with Crippen LogP contribution in [0.4, 0.5) is 0 Å². The fourth-order valence-electron chi connectivity index (χ4n) is 2.41. The second-order valence-electron chi connectivity index (χ2n) is 4.73. The smallest absolute Gasteiger partial charge is 0.156 e. The molecule has 0 amide bonds. The van der Waals surface area contributed by atoms with Crippen molar-refractivity contribution < 1.29 is 8.42 Å². The minimum atomic E-state index is -2.94. The standard InChI is InChI=1S/C11H15N3O2S/c15-17(16)4-2-8-6-13-11(14-10(8)7-17)9-1-3-12-5-9/h6,9,12H,1-5,7H2. The van der Waals surface area contributed by atoms with Gasteiger partial charge in [0.15, 0.2) is 9.84 Å². The Morgan fingerprint density at radius 1 is 1.41 bits per heavy atom. The molecule has 92 valence electrons. The molecule has 17 heavy (non-hydrogen) atoms. The highest BCUT2D eigenvalue weighted by atomic mass is 32.2. The minimum absolute atomic E-state index is 0.0814. The highest BCUT2D eigenvalue weighted by Crippen LogP contribution is 2.23. The fraction of sp³-hybridized carbons (Fsp3) is 0.636. The second-order valence-corrected chi connectivity index (χ2v) is 6.92. The molecule has 3 rings (SSSR count). The number of hydrogen-bond acceptors (Lipinski definition) is 5. The second kappa shape index (κ2) is 4.03. The van der Waals surface area contributed by atoms with Crippen LogP contribution in [0.1, 0.15) is 29.4 Å². The summed E-state index contributed by atoms with van der Waals surface area (Å²) in [4.78, 5) is 8.84. The SMILES string of the molecule is O=S1(=O)CCc2cnc(C3CCNC3)nc2C1. The van der Waals surface area contributed by atoms with Crippen molar-refractivity contribution in [2.24, 2.45) is 0 Å². The monoisotopic (exact) mass is 253 g/mol. The van der Waals surface area contributed by atoms with Crippen molar-refractivity contribution in [3.63, 3.8) is 0 Å². The summed E-state index contributed by atoms with van der Waals surface area (Å²) in [6, 6.07) is 0. The van der Waals surface area contributed by atoms with Gasteiger partial charge in [0.05, 0.1) is 17.2 Å². The number of aromatic nitrogens is 2. The van der Waals surface area contributed by atoms with Crippen LogP contribution in [-0.4, -0.2) is 37.2 Å². The first-order valence-corrected chi connectivity index (χ1v) is 7.72. The first-order chi connectivity index (χ1) is 8.14. The quantitative estimate of drug-likeness (QED) is 0.764. The molecule has 2 aliphatic rings. The van der Waals surface area contributed by atoms with Gasteiger partial charge >= 0.3 is 0 Å². The first-order valence-electron chi connectivity index (χ1n) is 5.90. The Hall–Kier alpha value is -1.01. The molecule has 0 bridgehead atoms. The summed E-state index contributed by atoms with van der Waals surface area (Å²) < 4.78 is 23.1. The zero-order chi connectivity index (χ0) is 11.9. The number of fused-ring (bicyclic) bond motifs is 1.